The summed E-state index contributed by atoms with van der Waals surface area (Å²) in [4.78, 5) is 13.4. The number of nitrogens with zero attached hydrogens (tertiary/aromatic N) is 4. The molecule has 0 aliphatic carbocycles. The molecule has 0 spiro atoms. The molecule has 128 valence electrons. The Morgan fingerprint density at radius 2 is 1.83 bits per heavy atom. The molecule has 0 saturated carbocycles. The monoisotopic (exact) mass is 330 g/mol. The van der Waals surface area contributed by atoms with Crippen molar-refractivity contribution in [3.8, 4) is 5.88 Å². The van der Waals surface area contributed by atoms with Crippen molar-refractivity contribution in [2.24, 2.45) is 0 Å². The van der Waals surface area contributed by atoms with E-state index < -0.39 is 0 Å². The van der Waals surface area contributed by atoms with Gasteiger partial charge in [-0.1, -0.05) is 12.1 Å². The first-order valence-electron chi connectivity index (χ1n) is 8.42. The fourth-order valence-corrected chi connectivity index (χ4v) is 2.96. The molecule has 2 aromatic rings. The first-order chi connectivity index (χ1) is 11.8. The van der Waals surface area contributed by atoms with Gasteiger partial charge in [-0.25, -0.2) is 14.4 Å². The van der Waals surface area contributed by atoms with Gasteiger partial charge in [-0.15, -0.1) is 0 Å². The third kappa shape index (κ3) is 4.20. The summed E-state index contributed by atoms with van der Waals surface area (Å²) in [6.07, 6.45) is 4.41. The van der Waals surface area contributed by atoms with Gasteiger partial charge in [0.2, 0.25) is 0 Å². The zero-order valence-corrected chi connectivity index (χ0v) is 14.0. The highest BCUT2D eigenvalue weighted by atomic mass is 19.1. The summed E-state index contributed by atoms with van der Waals surface area (Å²) in [5.74, 6) is 1.24. The van der Waals surface area contributed by atoms with Crippen LogP contribution in [0.3, 0.4) is 0 Å². The Kier molecular flexibility index (Phi) is 5.59. The predicted molar refractivity (Wildman–Crippen MR) is 91.7 cm³/mol. The van der Waals surface area contributed by atoms with Gasteiger partial charge >= 0.3 is 0 Å². The van der Waals surface area contributed by atoms with Gasteiger partial charge in [-0.2, -0.15) is 0 Å². The van der Waals surface area contributed by atoms with Gasteiger partial charge in [-0.3, -0.25) is 4.90 Å². The van der Waals surface area contributed by atoms with Crippen LogP contribution in [0.1, 0.15) is 18.9 Å². The molecule has 1 aromatic heterocycles. The molecule has 2 heterocycles. The quantitative estimate of drug-likeness (QED) is 0.843. The van der Waals surface area contributed by atoms with Crippen LogP contribution in [0.5, 0.6) is 5.88 Å². The van der Waals surface area contributed by atoms with E-state index >= 15 is 0 Å². The number of benzene rings is 1. The summed E-state index contributed by atoms with van der Waals surface area (Å²) >= 11 is 0. The lowest BCUT2D eigenvalue weighted by Crippen LogP contribution is -2.31. The van der Waals surface area contributed by atoms with E-state index in [0.29, 0.717) is 12.5 Å². The summed E-state index contributed by atoms with van der Waals surface area (Å²) in [6.45, 7) is 7.12. The zero-order chi connectivity index (χ0) is 16.8. The number of aromatic nitrogens is 2. The van der Waals surface area contributed by atoms with E-state index in [1.807, 2.05) is 19.1 Å². The highest BCUT2D eigenvalue weighted by Gasteiger charge is 2.19. The van der Waals surface area contributed by atoms with Crippen molar-refractivity contribution >= 4 is 5.82 Å². The van der Waals surface area contributed by atoms with Gasteiger partial charge in [-0.05, 0) is 31.0 Å². The summed E-state index contributed by atoms with van der Waals surface area (Å²) in [6, 6.07) is 6.75. The molecule has 1 aromatic carbocycles. The lowest BCUT2D eigenvalue weighted by atomic mass is 10.2. The molecule has 3 rings (SSSR count). The fraction of sp³-hybridized carbons (Fsp3) is 0.444. The molecule has 0 unspecified atom stereocenters. The Morgan fingerprint density at radius 1 is 1.04 bits per heavy atom. The molecule has 0 atom stereocenters. The molecular weight excluding hydrogens is 307 g/mol. The van der Waals surface area contributed by atoms with Crippen molar-refractivity contribution in [3.63, 3.8) is 0 Å². The van der Waals surface area contributed by atoms with Crippen molar-refractivity contribution in [2.75, 3.05) is 37.7 Å². The molecule has 6 heteroatoms. The Labute approximate surface area is 142 Å². The summed E-state index contributed by atoms with van der Waals surface area (Å²) < 4.78 is 18.6. The lowest BCUT2D eigenvalue weighted by molar-refractivity contribution is 0.285. The molecule has 24 heavy (non-hydrogen) atoms. The molecule has 1 fully saturated rings. The van der Waals surface area contributed by atoms with E-state index in [-0.39, 0.29) is 5.82 Å². The number of anilines is 1. The van der Waals surface area contributed by atoms with Crippen molar-refractivity contribution in [1.29, 1.82) is 0 Å². The van der Waals surface area contributed by atoms with Crippen LogP contribution in [-0.2, 0) is 6.54 Å². The van der Waals surface area contributed by atoms with Crippen LogP contribution >= 0.6 is 0 Å². The average molecular weight is 330 g/mol. The van der Waals surface area contributed by atoms with E-state index in [0.717, 1.165) is 50.5 Å². The number of hydrogen-bond donors (Lipinski definition) is 0. The average Bonchev–Trinajstić information content (AvgIpc) is 2.83. The SMILES string of the molecule is CCOc1nccnc1N1CCCN(Cc2ccc(F)cc2)CC1. The van der Waals surface area contributed by atoms with Crippen LogP contribution in [0.4, 0.5) is 10.2 Å². The maximum absolute atomic E-state index is 13.0. The minimum atomic E-state index is -0.188. The number of ether oxygens (including phenoxy) is 1. The van der Waals surface area contributed by atoms with Gasteiger partial charge in [0.15, 0.2) is 5.82 Å². The Morgan fingerprint density at radius 3 is 2.62 bits per heavy atom. The molecule has 1 aliphatic rings. The van der Waals surface area contributed by atoms with Crippen LogP contribution in [-0.4, -0.2) is 47.7 Å². The summed E-state index contributed by atoms with van der Waals surface area (Å²) in [5.41, 5.74) is 1.14. The number of halogens is 1. The maximum atomic E-state index is 13.0. The maximum Gasteiger partial charge on any atom is 0.257 e. The van der Waals surface area contributed by atoms with E-state index in [1.54, 1.807) is 12.4 Å². The summed E-state index contributed by atoms with van der Waals surface area (Å²) in [5, 5.41) is 0. The predicted octanol–water partition coefficient (Wildman–Crippen LogP) is 2.73. The smallest absolute Gasteiger partial charge is 0.257 e. The molecular formula is C18H23FN4O. The van der Waals surface area contributed by atoms with E-state index in [2.05, 4.69) is 19.8 Å². The Hall–Kier alpha value is -2.21. The van der Waals surface area contributed by atoms with Crippen LogP contribution in [0, 0.1) is 5.82 Å². The highest BCUT2D eigenvalue weighted by Crippen LogP contribution is 2.24. The van der Waals surface area contributed by atoms with E-state index in [4.69, 9.17) is 4.74 Å². The molecule has 1 aliphatic heterocycles. The number of rotatable bonds is 5. The van der Waals surface area contributed by atoms with Crippen LogP contribution in [0.25, 0.3) is 0 Å². The minimum absolute atomic E-state index is 0.188. The van der Waals surface area contributed by atoms with Crippen molar-refractivity contribution < 1.29 is 9.13 Å². The van der Waals surface area contributed by atoms with Gasteiger partial charge in [0.25, 0.3) is 5.88 Å². The highest BCUT2D eigenvalue weighted by molar-refractivity contribution is 5.47. The standard InChI is InChI=1S/C18H23FN4O/c1-2-24-18-17(20-8-9-21-18)23-11-3-10-22(12-13-23)14-15-4-6-16(19)7-5-15/h4-9H,2-3,10-14H2,1H3. The molecule has 0 radical (unpaired) electrons. The number of hydrogen-bond acceptors (Lipinski definition) is 5. The summed E-state index contributed by atoms with van der Waals surface area (Å²) in [7, 11) is 0. The Bertz CT molecular complexity index is 650. The van der Waals surface area contributed by atoms with Crippen molar-refractivity contribution in [2.45, 2.75) is 19.9 Å². The first kappa shape index (κ1) is 16.6. The second-order valence-corrected chi connectivity index (χ2v) is 5.86. The van der Waals surface area contributed by atoms with Gasteiger partial charge < -0.3 is 9.64 Å². The third-order valence-corrected chi connectivity index (χ3v) is 4.14. The van der Waals surface area contributed by atoms with Crippen LogP contribution in [0.2, 0.25) is 0 Å². The zero-order valence-electron chi connectivity index (χ0n) is 14.0. The lowest BCUT2D eigenvalue weighted by Gasteiger charge is -2.23. The molecule has 0 amide bonds. The minimum Gasteiger partial charge on any atom is -0.475 e. The van der Waals surface area contributed by atoms with Gasteiger partial charge in [0, 0.05) is 45.1 Å². The van der Waals surface area contributed by atoms with Crippen molar-refractivity contribution in [3.05, 3.63) is 48.0 Å². The largest absolute Gasteiger partial charge is 0.475 e. The van der Waals surface area contributed by atoms with Gasteiger partial charge in [0.1, 0.15) is 5.82 Å². The molecule has 0 bridgehead atoms. The fourth-order valence-electron chi connectivity index (χ4n) is 2.96. The van der Waals surface area contributed by atoms with Crippen LogP contribution in [0.15, 0.2) is 36.7 Å². The van der Waals surface area contributed by atoms with Crippen molar-refractivity contribution in [1.82, 2.24) is 14.9 Å². The van der Waals surface area contributed by atoms with Gasteiger partial charge in [0.05, 0.1) is 6.61 Å². The second kappa shape index (κ2) is 8.06. The first-order valence-corrected chi connectivity index (χ1v) is 8.42. The Balaban J connectivity index is 1.64. The molecule has 0 N–H and O–H groups in total. The molecule has 5 nitrogen and oxygen atoms in total. The topological polar surface area (TPSA) is 41.5 Å². The second-order valence-electron chi connectivity index (χ2n) is 5.86. The molecule has 1 saturated heterocycles. The van der Waals surface area contributed by atoms with E-state index in [9.17, 15) is 4.39 Å². The normalized spacial score (nSPS) is 16.0. The van der Waals surface area contributed by atoms with E-state index in [1.165, 1.54) is 12.1 Å². The third-order valence-electron chi connectivity index (χ3n) is 4.14. The van der Waals surface area contributed by atoms with Crippen LogP contribution < -0.4 is 9.64 Å².